The van der Waals surface area contributed by atoms with Gasteiger partial charge in [0.15, 0.2) is 11.5 Å². The molecular weight excluding hydrogens is 252 g/mol. The first-order chi connectivity index (χ1) is 9.79. The van der Waals surface area contributed by atoms with Crippen molar-refractivity contribution in [3.05, 3.63) is 42.1 Å². The SMILES string of the molecule is CCC1CCCN1C(=O)c1cc(-c2ccccc2)on1. The van der Waals surface area contributed by atoms with Gasteiger partial charge in [0.2, 0.25) is 0 Å². The molecule has 104 valence electrons. The number of likely N-dealkylation sites (tertiary alicyclic amines) is 1. The number of hydrogen-bond donors (Lipinski definition) is 0. The number of benzene rings is 1. The summed E-state index contributed by atoms with van der Waals surface area (Å²) >= 11 is 0. The fourth-order valence-electron chi connectivity index (χ4n) is 2.79. The highest BCUT2D eigenvalue weighted by Gasteiger charge is 2.29. The molecule has 0 N–H and O–H groups in total. The van der Waals surface area contributed by atoms with Crippen molar-refractivity contribution in [2.24, 2.45) is 0 Å². The van der Waals surface area contributed by atoms with Crippen molar-refractivity contribution in [1.29, 1.82) is 0 Å². The predicted molar refractivity (Wildman–Crippen MR) is 76.3 cm³/mol. The number of nitrogens with zero attached hydrogens (tertiary/aromatic N) is 2. The Morgan fingerprint density at radius 3 is 2.95 bits per heavy atom. The average Bonchev–Trinajstić information content (AvgIpc) is 3.16. The van der Waals surface area contributed by atoms with E-state index in [2.05, 4.69) is 12.1 Å². The van der Waals surface area contributed by atoms with Gasteiger partial charge in [0.1, 0.15) is 0 Å². The largest absolute Gasteiger partial charge is 0.355 e. The van der Waals surface area contributed by atoms with Gasteiger partial charge in [-0.15, -0.1) is 0 Å². The smallest absolute Gasteiger partial charge is 0.276 e. The van der Waals surface area contributed by atoms with Gasteiger partial charge in [-0.3, -0.25) is 4.79 Å². The number of carbonyl (C=O) groups is 1. The van der Waals surface area contributed by atoms with Crippen molar-refractivity contribution in [3.8, 4) is 11.3 Å². The van der Waals surface area contributed by atoms with Crippen LogP contribution in [0.4, 0.5) is 0 Å². The van der Waals surface area contributed by atoms with Crippen LogP contribution in [0.3, 0.4) is 0 Å². The molecule has 1 fully saturated rings. The van der Waals surface area contributed by atoms with Gasteiger partial charge in [-0.2, -0.15) is 0 Å². The number of rotatable bonds is 3. The van der Waals surface area contributed by atoms with E-state index in [1.807, 2.05) is 35.2 Å². The molecule has 3 rings (SSSR count). The summed E-state index contributed by atoms with van der Waals surface area (Å²) in [5.74, 6) is 0.626. The van der Waals surface area contributed by atoms with Crippen molar-refractivity contribution >= 4 is 5.91 Å². The van der Waals surface area contributed by atoms with Crippen LogP contribution in [0.15, 0.2) is 40.9 Å². The lowest BCUT2D eigenvalue weighted by Crippen LogP contribution is -2.35. The van der Waals surface area contributed by atoms with Gasteiger partial charge < -0.3 is 9.42 Å². The van der Waals surface area contributed by atoms with Crippen LogP contribution >= 0.6 is 0 Å². The Morgan fingerprint density at radius 1 is 1.40 bits per heavy atom. The van der Waals surface area contributed by atoms with Gasteiger partial charge in [0.05, 0.1) is 0 Å². The zero-order valence-corrected chi connectivity index (χ0v) is 11.6. The van der Waals surface area contributed by atoms with Crippen molar-refractivity contribution in [3.63, 3.8) is 0 Å². The van der Waals surface area contributed by atoms with Gasteiger partial charge in [0.25, 0.3) is 5.91 Å². The second-order valence-corrected chi connectivity index (χ2v) is 5.15. The molecule has 2 aromatic rings. The van der Waals surface area contributed by atoms with Crippen LogP contribution in [-0.2, 0) is 0 Å². The van der Waals surface area contributed by atoms with E-state index in [0.717, 1.165) is 31.4 Å². The summed E-state index contributed by atoms with van der Waals surface area (Å²) in [6, 6.07) is 11.8. The Bertz CT molecular complexity index is 592. The third kappa shape index (κ3) is 2.33. The summed E-state index contributed by atoms with van der Waals surface area (Å²) < 4.78 is 5.30. The van der Waals surface area contributed by atoms with Crippen LogP contribution in [0.25, 0.3) is 11.3 Å². The van der Waals surface area contributed by atoms with Crippen LogP contribution in [-0.4, -0.2) is 28.6 Å². The number of amides is 1. The molecule has 1 aliphatic rings. The molecule has 1 amide bonds. The lowest BCUT2D eigenvalue weighted by Gasteiger charge is -2.22. The Hall–Kier alpha value is -2.10. The van der Waals surface area contributed by atoms with Gasteiger partial charge in [-0.05, 0) is 19.3 Å². The van der Waals surface area contributed by atoms with Crippen molar-refractivity contribution in [2.45, 2.75) is 32.2 Å². The molecule has 20 heavy (non-hydrogen) atoms. The third-order valence-corrected chi connectivity index (χ3v) is 3.90. The molecule has 1 unspecified atom stereocenters. The minimum atomic E-state index is -0.0136. The zero-order chi connectivity index (χ0) is 13.9. The van der Waals surface area contributed by atoms with Crippen LogP contribution in [0.2, 0.25) is 0 Å². The molecule has 1 aliphatic heterocycles. The minimum absolute atomic E-state index is 0.0136. The van der Waals surface area contributed by atoms with Gasteiger partial charge in [-0.25, -0.2) is 0 Å². The third-order valence-electron chi connectivity index (χ3n) is 3.90. The maximum Gasteiger partial charge on any atom is 0.276 e. The molecule has 1 saturated heterocycles. The number of carbonyl (C=O) groups excluding carboxylic acids is 1. The quantitative estimate of drug-likeness (QED) is 0.859. The van der Waals surface area contributed by atoms with Gasteiger partial charge in [-0.1, -0.05) is 42.4 Å². The predicted octanol–water partition coefficient (Wildman–Crippen LogP) is 3.36. The molecule has 1 aromatic carbocycles. The summed E-state index contributed by atoms with van der Waals surface area (Å²) in [6.07, 6.45) is 3.16. The minimum Gasteiger partial charge on any atom is -0.355 e. The van der Waals surface area contributed by atoms with Crippen molar-refractivity contribution < 1.29 is 9.32 Å². The summed E-state index contributed by atoms with van der Waals surface area (Å²) in [4.78, 5) is 14.4. The molecule has 0 bridgehead atoms. The Labute approximate surface area is 118 Å². The van der Waals surface area contributed by atoms with Crippen molar-refractivity contribution in [2.75, 3.05) is 6.54 Å². The number of hydrogen-bond acceptors (Lipinski definition) is 3. The topological polar surface area (TPSA) is 46.3 Å². The van der Waals surface area contributed by atoms with E-state index in [4.69, 9.17) is 4.52 Å². The normalized spacial score (nSPS) is 18.4. The maximum atomic E-state index is 12.5. The molecular formula is C16H18N2O2. The molecule has 4 heteroatoms. The maximum absolute atomic E-state index is 12.5. The fourth-order valence-corrected chi connectivity index (χ4v) is 2.79. The second kappa shape index (κ2) is 5.49. The summed E-state index contributed by atoms with van der Waals surface area (Å²) in [5, 5.41) is 3.94. The van der Waals surface area contributed by atoms with Crippen LogP contribution < -0.4 is 0 Å². The Kier molecular flexibility index (Phi) is 3.54. The number of aromatic nitrogens is 1. The zero-order valence-electron chi connectivity index (χ0n) is 11.6. The van der Waals surface area contributed by atoms with Crippen molar-refractivity contribution in [1.82, 2.24) is 10.1 Å². The van der Waals surface area contributed by atoms with E-state index >= 15 is 0 Å². The van der Waals surface area contributed by atoms with E-state index in [0.29, 0.717) is 17.5 Å². The first-order valence-electron chi connectivity index (χ1n) is 7.12. The monoisotopic (exact) mass is 270 g/mol. The van der Waals surface area contributed by atoms with E-state index in [1.165, 1.54) is 0 Å². The lowest BCUT2D eigenvalue weighted by molar-refractivity contribution is 0.0723. The van der Waals surface area contributed by atoms with Gasteiger partial charge >= 0.3 is 0 Å². The molecule has 0 radical (unpaired) electrons. The lowest BCUT2D eigenvalue weighted by atomic mass is 10.1. The highest BCUT2D eigenvalue weighted by Crippen LogP contribution is 2.24. The highest BCUT2D eigenvalue weighted by atomic mass is 16.5. The summed E-state index contributed by atoms with van der Waals surface area (Å²) in [6.45, 7) is 2.94. The standard InChI is InChI=1S/C16H18N2O2/c1-2-13-9-6-10-18(13)16(19)14-11-15(20-17-14)12-7-4-3-5-8-12/h3-5,7-8,11,13H,2,6,9-10H2,1H3. The second-order valence-electron chi connectivity index (χ2n) is 5.15. The molecule has 2 heterocycles. The molecule has 0 aliphatic carbocycles. The van der Waals surface area contributed by atoms with Crippen LogP contribution in [0, 0.1) is 0 Å². The average molecular weight is 270 g/mol. The molecule has 0 saturated carbocycles. The van der Waals surface area contributed by atoms with E-state index in [-0.39, 0.29) is 5.91 Å². The van der Waals surface area contributed by atoms with Crippen LogP contribution in [0.1, 0.15) is 36.7 Å². The molecule has 4 nitrogen and oxygen atoms in total. The molecule has 1 atom stereocenters. The van der Waals surface area contributed by atoms with Gasteiger partial charge in [0, 0.05) is 24.2 Å². The first kappa shape index (κ1) is 12.9. The molecule has 1 aromatic heterocycles. The molecule has 0 spiro atoms. The van der Waals surface area contributed by atoms with E-state index in [1.54, 1.807) is 6.07 Å². The summed E-state index contributed by atoms with van der Waals surface area (Å²) in [5.41, 5.74) is 1.34. The Morgan fingerprint density at radius 2 is 2.20 bits per heavy atom. The van der Waals surface area contributed by atoms with E-state index in [9.17, 15) is 4.79 Å². The van der Waals surface area contributed by atoms with Crippen LogP contribution in [0.5, 0.6) is 0 Å². The first-order valence-corrected chi connectivity index (χ1v) is 7.12. The fraction of sp³-hybridized carbons (Fsp3) is 0.375. The highest BCUT2D eigenvalue weighted by molar-refractivity contribution is 5.93. The summed E-state index contributed by atoms with van der Waals surface area (Å²) in [7, 11) is 0. The van der Waals surface area contributed by atoms with E-state index < -0.39 is 0 Å². The Balaban J connectivity index is 1.82.